The van der Waals surface area contributed by atoms with Crippen LogP contribution in [0.3, 0.4) is 0 Å². The zero-order valence-electron chi connectivity index (χ0n) is 27.3. The molecule has 3 atom stereocenters. The third kappa shape index (κ3) is 5.43. The number of nitrogens with zero attached hydrogens (tertiary/aromatic N) is 2. The Morgan fingerprint density at radius 1 is 1.02 bits per heavy atom. The monoisotopic (exact) mass is 638 g/mol. The zero-order valence-corrected chi connectivity index (χ0v) is 27.3. The first-order chi connectivity index (χ1) is 22.8. The smallest absolute Gasteiger partial charge is 0.228 e. The van der Waals surface area contributed by atoms with Gasteiger partial charge in [0.25, 0.3) is 0 Å². The van der Waals surface area contributed by atoms with Crippen LogP contribution in [0.25, 0.3) is 22.2 Å². The van der Waals surface area contributed by atoms with E-state index in [9.17, 15) is 14.4 Å². The lowest BCUT2D eigenvalue weighted by atomic mass is 9.67. The van der Waals surface area contributed by atoms with Gasteiger partial charge in [-0.3, -0.25) is 14.4 Å². The van der Waals surface area contributed by atoms with Crippen LogP contribution in [0, 0.1) is 11.8 Å². The van der Waals surface area contributed by atoms with Crippen LogP contribution >= 0.6 is 0 Å². The molecule has 0 spiro atoms. The van der Waals surface area contributed by atoms with E-state index in [1.165, 1.54) is 0 Å². The summed E-state index contributed by atoms with van der Waals surface area (Å²) in [7, 11) is 3.15. The van der Waals surface area contributed by atoms with Crippen molar-refractivity contribution in [2.75, 3.05) is 33.9 Å². The predicted molar refractivity (Wildman–Crippen MR) is 177 cm³/mol. The van der Waals surface area contributed by atoms with Crippen molar-refractivity contribution in [1.82, 2.24) is 20.1 Å². The van der Waals surface area contributed by atoms with Gasteiger partial charge in [0.2, 0.25) is 17.7 Å². The average Bonchev–Trinajstić information content (AvgIpc) is 3.77. The number of benzene rings is 2. The summed E-state index contributed by atoms with van der Waals surface area (Å²) in [5, 5.41) is 4.08. The van der Waals surface area contributed by atoms with Crippen LogP contribution < -0.4 is 14.8 Å². The molecule has 2 fully saturated rings. The summed E-state index contributed by atoms with van der Waals surface area (Å²) in [6.45, 7) is 4.27. The van der Waals surface area contributed by atoms with Crippen LogP contribution in [0.2, 0.25) is 0 Å². The number of ether oxygens (including phenoxy) is 2. The molecular weight excluding hydrogens is 596 g/mol. The molecule has 2 saturated heterocycles. The number of rotatable bonds is 8. The lowest BCUT2D eigenvalue weighted by molar-refractivity contribution is -0.164. The minimum Gasteiger partial charge on any atom is -0.493 e. The number of likely N-dealkylation sites (tertiary alicyclic amines) is 1. The fourth-order valence-electron chi connectivity index (χ4n) is 8.00. The molecule has 2 aromatic carbocycles. The highest BCUT2D eigenvalue weighted by Gasteiger charge is 2.57. The normalized spacial score (nSPS) is 22.5. The molecule has 47 heavy (non-hydrogen) atoms. The fourth-order valence-corrected chi connectivity index (χ4v) is 8.00. The summed E-state index contributed by atoms with van der Waals surface area (Å²) in [4.78, 5) is 49.6. The topological polar surface area (TPSA) is 117 Å². The molecule has 3 aliphatic heterocycles. The number of carbonyl (C=O) groups excluding carboxylic acids is 3. The van der Waals surface area contributed by atoms with Crippen LogP contribution in [-0.2, 0) is 32.9 Å². The average molecular weight is 639 g/mol. The van der Waals surface area contributed by atoms with E-state index in [1.54, 1.807) is 26.5 Å². The van der Waals surface area contributed by atoms with Crippen molar-refractivity contribution in [2.45, 2.75) is 57.5 Å². The number of H-pyrrole nitrogens is 1. The highest BCUT2D eigenvalue weighted by Crippen LogP contribution is 2.50. The van der Waals surface area contributed by atoms with E-state index < -0.39 is 17.4 Å². The van der Waals surface area contributed by atoms with E-state index in [-0.39, 0.29) is 30.7 Å². The minimum absolute atomic E-state index is 0.0224. The van der Waals surface area contributed by atoms with Gasteiger partial charge < -0.3 is 34.0 Å². The summed E-state index contributed by atoms with van der Waals surface area (Å²) >= 11 is 0. The molecule has 0 unspecified atom stereocenters. The van der Waals surface area contributed by atoms with Crippen molar-refractivity contribution in [3.63, 3.8) is 0 Å². The summed E-state index contributed by atoms with van der Waals surface area (Å²) in [6.07, 6.45) is 5.74. The Labute approximate surface area is 274 Å². The van der Waals surface area contributed by atoms with Crippen molar-refractivity contribution in [1.29, 1.82) is 0 Å². The van der Waals surface area contributed by atoms with Crippen LogP contribution in [0.1, 0.15) is 55.8 Å². The van der Waals surface area contributed by atoms with Crippen LogP contribution in [0.4, 0.5) is 0 Å². The molecule has 0 radical (unpaired) electrons. The van der Waals surface area contributed by atoms with E-state index in [0.717, 1.165) is 71.4 Å². The van der Waals surface area contributed by atoms with E-state index in [0.29, 0.717) is 30.9 Å². The second-order valence-corrected chi connectivity index (χ2v) is 13.1. The number of carbonyl (C=O) groups is 3. The first-order valence-corrected chi connectivity index (χ1v) is 16.6. The first-order valence-electron chi connectivity index (χ1n) is 16.6. The molecule has 0 aliphatic carbocycles. The highest BCUT2D eigenvalue weighted by atomic mass is 16.5. The van der Waals surface area contributed by atoms with E-state index >= 15 is 0 Å². The van der Waals surface area contributed by atoms with Crippen molar-refractivity contribution in [3.8, 4) is 22.8 Å². The molecule has 10 heteroatoms. The maximum absolute atomic E-state index is 14.4. The van der Waals surface area contributed by atoms with E-state index in [2.05, 4.69) is 28.5 Å². The SMILES string of the molecule is COc1ccc(CNC(=O)C[C@H]2C[C@H](C(=O)N3CCCCC3)[C@@]3(C)c4[nH]c5cc(-c6ccco6)ccc5c4CCN3C2=O)cc1OC. The number of nitrogens with one attached hydrogen (secondary N) is 2. The van der Waals surface area contributed by atoms with Crippen LogP contribution in [0.5, 0.6) is 11.5 Å². The number of methoxy groups -OCH3 is 2. The van der Waals surface area contributed by atoms with Gasteiger partial charge in [0, 0.05) is 60.7 Å². The Kier molecular flexibility index (Phi) is 8.20. The number of aromatic amines is 1. The molecule has 7 rings (SSSR count). The van der Waals surface area contributed by atoms with Gasteiger partial charge in [-0.2, -0.15) is 0 Å². The molecule has 0 saturated carbocycles. The number of fused-ring (bicyclic) bond motifs is 5. The molecular formula is C37H42N4O6. The highest BCUT2D eigenvalue weighted by molar-refractivity contribution is 5.94. The Balaban J connectivity index is 1.18. The second-order valence-electron chi connectivity index (χ2n) is 13.1. The molecule has 4 aromatic rings. The Morgan fingerprint density at radius 3 is 2.57 bits per heavy atom. The third-order valence-corrected chi connectivity index (χ3v) is 10.5. The largest absolute Gasteiger partial charge is 0.493 e. The van der Waals surface area contributed by atoms with E-state index in [1.807, 2.05) is 41.0 Å². The molecule has 2 aromatic heterocycles. The predicted octanol–water partition coefficient (Wildman–Crippen LogP) is 5.40. The summed E-state index contributed by atoms with van der Waals surface area (Å²) in [6, 6.07) is 15.6. The van der Waals surface area contributed by atoms with E-state index in [4.69, 9.17) is 13.9 Å². The van der Waals surface area contributed by atoms with Gasteiger partial charge in [-0.05, 0) is 80.5 Å². The quantitative estimate of drug-likeness (QED) is 0.267. The maximum atomic E-state index is 14.4. The summed E-state index contributed by atoms with van der Waals surface area (Å²) in [5.41, 5.74) is 3.99. The minimum atomic E-state index is -0.865. The molecule has 3 aliphatic rings. The standard InChI is InChI=1S/C37H42N4O6/c1-37-28(36(44)40-14-5-4-6-15-40)19-25(21-33(42)38-22-23-9-12-31(45-2)32(18-23)46-3)35(43)41(37)16-13-27-26-11-10-24(30-8-7-17-47-30)20-29(26)39-34(27)37/h7-12,17-18,20,25,28,39H,4-6,13-16,19,21-22H2,1-3H3,(H,38,42)/t25-,28-,37+/m1/s1. The van der Waals surface area contributed by atoms with Gasteiger partial charge in [-0.1, -0.05) is 18.2 Å². The Bertz CT molecular complexity index is 1810. The second kappa shape index (κ2) is 12.5. The first kappa shape index (κ1) is 30.9. The fraction of sp³-hybridized carbons (Fsp3) is 0.432. The molecule has 2 N–H and O–H groups in total. The van der Waals surface area contributed by atoms with Crippen molar-refractivity contribution in [2.24, 2.45) is 11.8 Å². The Morgan fingerprint density at radius 2 is 1.83 bits per heavy atom. The van der Waals surface area contributed by atoms with Crippen molar-refractivity contribution in [3.05, 3.63) is 71.6 Å². The number of furan rings is 1. The number of hydrogen-bond donors (Lipinski definition) is 2. The van der Waals surface area contributed by atoms with Gasteiger partial charge in [0.05, 0.1) is 31.9 Å². The summed E-state index contributed by atoms with van der Waals surface area (Å²) < 4.78 is 16.4. The maximum Gasteiger partial charge on any atom is 0.228 e. The van der Waals surface area contributed by atoms with Gasteiger partial charge in [-0.25, -0.2) is 0 Å². The number of amides is 3. The van der Waals surface area contributed by atoms with Gasteiger partial charge in [0.1, 0.15) is 5.76 Å². The molecule has 3 amide bonds. The number of piperidine rings is 2. The van der Waals surface area contributed by atoms with Gasteiger partial charge >= 0.3 is 0 Å². The van der Waals surface area contributed by atoms with Crippen molar-refractivity contribution >= 4 is 28.6 Å². The summed E-state index contributed by atoms with van der Waals surface area (Å²) in [5.74, 6) is 0.673. The van der Waals surface area contributed by atoms with Gasteiger partial charge in [0.15, 0.2) is 11.5 Å². The third-order valence-electron chi connectivity index (χ3n) is 10.5. The molecule has 0 bridgehead atoms. The number of hydrogen-bond acceptors (Lipinski definition) is 6. The Hall–Kier alpha value is -4.73. The zero-order chi connectivity index (χ0) is 32.7. The lowest BCUT2D eigenvalue weighted by Crippen LogP contribution is -2.64. The van der Waals surface area contributed by atoms with Gasteiger partial charge in [-0.15, -0.1) is 0 Å². The number of aromatic nitrogens is 1. The molecule has 5 heterocycles. The van der Waals surface area contributed by atoms with Crippen LogP contribution in [0.15, 0.2) is 59.2 Å². The molecule has 10 nitrogen and oxygen atoms in total. The van der Waals surface area contributed by atoms with Crippen molar-refractivity contribution < 1.29 is 28.3 Å². The lowest BCUT2D eigenvalue weighted by Gasteiger charge is -2.54. The van der Waals surface area contributed by atoms with Crippen LogP contribution in [-0.4, -0.2) is 66.4 Å². The molecule has 246 valence electrons.